The Hall–Kier alpha value is -3.03. The number of carbonyl (C=O) groups is 2. The number of hydrogen-bond donors (Lipinski definition) is 3. The fourth-order valence-electron chi connectivity index (χ4n) is 2.36. The van der Waals surface area contributed by atoms with E-state index in [1.807, 2.05) is 30.5 Å². The van der Waals surface area contributed by atoms with Crippen molar-refractivity contribution in [2.24, 2.45) is 0 Å². The van der Waals surface area contributed by atoms with Gasteiger partial charge in [-0.25, -0.2) is 0 Å². The molecule has 1 heterocycles. The summed E-state index contributed by atoms with van der Waals surface area (Å²) in [6.45, 7) is 1.92. The molecule has 1 aromatic heterocycles. The molecule has 3 aromatic rings. The Kier molecular flexibility index (Phi) is 5.95. The van der Waals surface area contributed by atoms with Crippen LogP contribution < -0.4 is 16.0 Å². The summed E-state index contributed by atoms with van der Waals surface area (Å²) in [6, 6.07) is 17.9. The Morgan fingerprint density at radius 1 is 0.889 bits per heavy atom. The molecule has 0 saturated carbocycles. The average molecular weight is 396 g/mol. The molecule has 0 aliphatic carbocycles. The van der Waals surface area contributed by atoms with Gasteiger partial charge in [-0.2, -0.15) is 0 Å². The van der Waals surface area contributed by atoms with Crippen molar-refractivity contribution >= 4 is 51.9 Å². The first-order valence-corrected chi connectivity index (χ1v) is 9.44. The van der Waals surface area contributed by atoms with Crippen molar-refractivity contribution in [1.29, 1.82) is 0 Å². The second-order valence-electron chi connectivity index (χ2n) is 5.79. The molecule has 0 bridgehead atoms. The summed E-state index contributed by atoms with van der Waals surface area (Å²) in [5.41, 5.74) is 2.93. The van der Waals surface area contributed by atoms with Crippen molar-refractivity contribution in [3.05, 3.63) is 82.0 Å². The largest absolute Gasteiger partial charge is 0.332 e. The first kappa shape index (κ1) is 18.8. The second kappa shape index (κ2) is 8.57. The van der Waals surface area contributed by atoms with Gasteiger partial charge in [-0.3, -0.25) is 14.9 Å². The number of anilines is 2. The molecule has 3 N–H and O–H groups in total. The van der Waals surface area contributed by atoms with E-state index in [1.54, 1.807) is 42.5 Å². The standard InChI is InChI=1S/C20H17N3O2S2/c1-13-4-2-5-14(12-13)18(24)23-20(26)22-16-9-7-15(8-10-16)21-19(25)17-6-3-11-27-17/h2-12H,1H3,(H,21,25)(H2,22,23,24,26). The maximum Gasteiger partial charge on any atom is 0.265 e. The van der Waals surface area contributed by atoms with Crippen LogP contribution in [0.3, 0.4) is 0 Å². The summed E-state index contributed by atoms with van der Waals surface area (Å²) in [5.74, 6) is -0.414. The Bertz CT molecular complexity index is 967. The van der Waals surface area contributed by atoms with Gasteiger partial charge in [0.25, 0.3) is 11.8 Å². The van der Waals surface area contributed by atoms with Crippen LogP contribution in [0.4, 0.5) is 11.4 Å². The van der Waals surface area contributed by atoms with Crippen LogP contribution in [0.2, 0.25) is 0 Å². The molecule has 0 saturated heterocycles. The molecule has 0 atom stereocenters. The number of nitrogens with one attached hydrogen (secondary N) is 3. The number of thiocarbonyl (C=S) groups is 1. The van der Waals surface area contributed by atoms with Gasteiger partial charge in [0.15, 0.2) is 5.11 Å². The predicted octanol–water partition coefficient (Wildman–Crippen LogP) is 4.44. The molecule has 0 radical (unpaired) electrons. The number of benzene rings is 2. The van der Waals surface area contributed by atoms with Crippen LogP contribution in [0.1, 0.15) is 25.6 Å². The molecule has 0 aliphatic rings. The van der Waals surface area contributed by atoms with Gasteiger partial charge in [0.05, 0.1) is 4.88 Å². The number of hydrogen-bond acceptors (Lipinski definition) is 4. The van der Waals surface area contributed by atoms with Crippen LogP contribution in [-0.4, -0.2) is 16.9 Å². The molecule has 136 valence electrons. The minimum absolute atomic E-state index is 0.147. The van der Waals surface area contributed by atoms with E-state index in [0.717, 1.165) is 5.56 Å². The Labute approximate surface area is 166 Å². The zero-order chi connectivity index (χ0) is 19.2. The van der Waals surface area contributed by atoms with E-state index in [0.29, 0.717) is 21.8 Å². The molecule has 0 fully saturated rings. The zero-order valence-electron chi connectivity index (χ0n) is 14.5. The van der Waals surface area contributed by atoms with Crippen LogP contribution in [0.15, 0.2) is 66.0 Å². The Balaban J connectivity index is 1.55. The third-order valence-electron chi connectivity index (χ3n) is 3.65. The maximum atomic E-state index is 12.2. The van der Waals surface area contributed by atoms with E-state index in [4.69, 9.17) is 12.2 Å². The van der Waals surface area contributed by atoms with Crippen molar-refractivity contribution in [1.82, 2.24) is 5.32 Å². The molecule has 7 heteroatoms. The number of carbonyl (C=O) groups excluding carboxylic acids is 2. The number of amides is 2. The number of thiophene rings is 1. The number of aryl methyl sites for hydroxylation is 1. The molecular formula is C20H17N3O2S2. The van der Waals surface area contributed by atoms with E-state index < -0.39 is 0 Å². The monoisotopic (exact) mass is 395 g/mol. The zero-order valence-corrected chi connectivity index (χ0v) is 16.1. The molecule has 3 rings (SSSR count). The first-order valence-electron chi connectivity index (χ1n) is 8.15. The Morgan fingerprint density at radius 2 is 1.59 bits per heavy atom. The normalized spacial score (nSPS) is 10.1. The van der Waals surface area contributed by atoms with E-state index in [2.05, 4.69) is 16.0 Å². The second-order valence-corrected chi connectivity index (χ2v) is 7.14. The summed E-state index contributed by atoms with van der Waals surface area (Å²) in [4.78, 5) is 24.9. The average Bonchev–Trinajstić information content (AvgIpc) is 3.18. The van der Waals surface area contributed by atoms with Crippen LogP contribution in [0.5, 0.6) is 0 Å². The minimum atomic E-state index is -0.268. The lowest BCUT2D eigenvalue weighted by molar-refractivity contribution is 0.0976. The molecular weight excluding hydrogens is 378 g/mol. The fourth-order valence-corrected chi connectivity index (χ4v) is 3.19. The molecule has 27 heavy (non-hydrogen) atoms. The van der Waals surface area contributed by atoms with Crippen LogP contribution in [0, 0.1) is 6.92 Å². The van der Waals surface area contributed by atoms with Crippen molar-refractivity contribution in [2.75, 3.05) is 10.6 Å². The van der Waals surface area contributed by atoms with Crippen molar-refractivity contribution < 1.29 is 9.59 Å². The summed E-state index contributed by atoms with van der Waals surface area (Å²) in [7, 11) is 0. The SMILES string of the molecule is Cc1cccc(C(=O)NC(=S)Nc2ccc(NC(=O)c3cccs3)cc2)c1. The minimum Gasteiger partial charge on any atom is -0.332 e. The van der Waals surface area contributed by atoms with Gasteiger partial charge in [-0.15, -0.1) is 11.3 Å². The highest BCUT2D eigenvalue weighted by molar-refractivity contribution is 7.80. The highest BCUT2D eigenvalue weighted by atomic mass is 32.1. The van der Waals surface area contributed by atoms with Crippen molar-refractivity contribution in [3.8, 4) is 0 Å². The van der Waals surface area contributed by atoms with Gasteiger partial charge in [0.1, 0.15) is 0 Å². The van der Waals surface area contributed by atoms with Gasteiger partial charge in [-0.05, 0) is 67.0 Å². The molecule has 5 nitrogen and oxygen atoms in total. The van der Waals surface area contributed by atoms with Crippen molar-refractivity contribution in [3.63, 3.8) is 0 Å². The van der Waals surface area contributed by atoms with Crippen molar-refractivity contribution in [2.45, 2.75) is 6.92 Å². The van der Waals surface area contributed by atoms with Gasteiger partial charge in [0, 0.05) is 16.9 Å². The maximum absolute atomic E-state index is 12.2. The van der Waals surface area contributed by atoms with Gasteiger partial charge < -0.3 is 10.6 Å². The molecule has 0 spiro atoms. The molecule has 2 amide bonds. The smallest absolute Gasteiger partial charge is 0.265 e. The lowest BCUT2D eigenvalue weighted by Gasteiger charge is -2.11. The lowest BCUT2D eigenvalue weighted by atomic mass is 10.1. The summed E-state index contributed by atoms with van der Waals surface area (Å²) in [5, 5.41) is 10.5. The van der Waals surface area contributed by atoms with Crippen LogP contribution >= 0.6 is 23.6 Å². The topological polar surface area (TPSA) is 70.2 Å². The first-order chi connectivity index (χ1) is 13.0. The highest BCUT2D eigenvalue weighted by Crippen LogP contribution is 2.16. The van der Waals surface area contributed by atoms with E-state index >= 15 is 0 Å². The highest BCUT2D eigenvalue weighted by Gasteiger charge is 2.09. The van der Waals surface area contributed by atoms with E-state index in [-0.39, 0.29) is 16.9 Å². The third-order valence-corrected chi connectivity index (χ3v) is 4.73. The quantitative estimate of drug-likeness (QED) is 0.572. The summed E-state index contributed by atoms with van der Waals surface area (Å²) < 4.78 is 0. The van der Waals surface area contributed by atoms with E-state index in [9.17, 15) is 9.59 Å². The van der Waals surface area contributed by atoms with Gasteiger partial charge in [-0.1, -0.05) is 23.8 Å². The molecule has 2 aromatic carbocycles. The van der Waals surface area contributed by atoms with Gasteiger partial charge >= 0.3 is 0 Å². The molecule has 0 unspecified atom stereocenters. The fraction of sp³-hybridized carbons (Fsp3) is 0.0500. The van der Waals surface area contributed by atoms with Crippen LogP contribution in [-0.2, 0) is 0 Å². The Morgan fingerprint density at radius 3 is 2.22 bits per heavy atom. The third kappa shape index (κ3) is 5.22. The predicted molar refractivity (Wildman–Crippen MR) is 114 cm³/mol. The summed E-state index contributed by atoms with van der Waals surface area (Å²) in [6.07, 6.45) is 0. The van der Waals surface area contributed by atoms with Crippen LogP contribution in [0.25, 0.3) is 0 Å². The van der Waals surface area contributed by atoms with E-state index in [1.165, 1.54) is 11.3 Å². The lowest BCUT2D eigenvalue weighted by Crippen LogP contribution is -2.34. The molecule has 0 aliphatic heterocycles. The van der Waals surface area contributed by atoms with Gasteiger partial charge in [0.2, 0.25) is 0 Å². The summed E-state index contributed by atoms with van der Waals surface area (Å²) >= 11 is 6.58. The number of rotatable bonds is 4.